The average molecular weight is 1040 g/mol. The Bertz CT molecular complexity index is 2810. The largest absolute Gasteiger partial charge is 0.462 e. The van der Waals surface area contributed by atoms with Gasteiger partial charge in [0.25, 0.3) is 0 Å². The van der Waals surface area contributed by atoms with Crippen molar-refractivity contribution >= 4 is 47.4 Å². The molecule has 2 saturated heterocycles. The summed E-state index contributed by atoms with van der Waals surface area (Å²) in [7, 11) is 1.26. The minimum absolute atomic E-state index is 0.0825. The van der Waals surface area contributed by atoms with Crippen LogP contribution in [0.15, 0.2) is 182 Å². The van der Waals surface area contributed by atoms with E-state index < -0.39 is 116 Å². The van der Waals surface area contributed by atoms with Gasteiger partial charge in [0.2, 0.25) is 0 Å². The third kappa shape index (κ3) is 14.1. The standard InChI is InChI=1S/C57H51ClO17/c1-65-56-50(74-55(64)41-30-18-7-19-31-41)48(72-53(62)39-26-14-5-15-27-39)46(43(69-56)35-68-51(60)37-22-10-3-11-23-37)75-57-49(73-54(63)40-28-16-6-17-29-40)47(67-33-36-20-8-2-9-21-36)45(42(70-57)34-66-44(59)32-58)71-52(61)38-24-12-4-13-25-38/h2-31,42-43,45-50,56-57H,32-35H2,1H3/t42-,43-,45+,46-,47+,48+,49-,50+,56+,57-/m1/s1. The number of rotatable bonds is 20. The Kier molecular flexibility index (Phi) is 18.9. The number of alkyl halides is 1. The molecule has 6 aromatic rings. The number of esters is 6. The Balaban J connectivity index is 1.26. The second kappa shape index (κ2) is 26.4. The van der Waals surface area contributed by atoms with Crippen molar-refractivity contribution in [3.8, 4) is 0 Å². The number of hydrogen-bond acceptors (Lipinski definition) is 17. The number of carbonyl (C=O) groups is 6. The van der Waals surface area contributed by atoms with Gasteiger partial charge in [-0.1, -0.05) is 121 Å². The van der Waals surface area contributed by atoms with Crippen LogP contribution in [0.3, 0.4) is 0 Å². The Labute approximate surface area is 436 Å². The van der Waals surface area contributed by atoms with Crippen LogP contribution in [-0.4, -0.2) is 123 Å². The van der Waals surface area contributed by atoms with Gasteiger partial charge in [0.15, 0.2) is 37.0 Å². The zero-order chi connectivity index (χ0) is 52.5. The number of benzene rings is 6. The van der Waals surface area contributed by atoms with E-state index in [-0.39, 0.29) is 34.4 Å². The van der Waals surface area contributed by atoms with E-state index in [0.29, 0.717) is 5.56 Å². The molecule has 0 radical (unpaired) electrons. The summed E-state index contributed by atoms with van der Waals surface area (Å²) >= 11 is 5.89. The molecule has 2 heterocycles. The molecule has 6 aromatic carbocycles. The third-order valence-corrected chi connectivity index (χ3v) is 12.1. The molecule has 0 bridgehead atoms. The van der Waals surface area contributed by atoms with Gasteiger partial charge >= 0.3 is 35.8 Å². The van der Waals surface area contributed by atoms with Gasteiger partial charge in [-0.2, -0.15) is 0 Å². The molecule has 0 unspecified atom stereocenters. The van der Waals surface area contributed by atoms with Gasteiger partial charge in [-0.15, -0.1) is 11.6 Å². The lowest BCUT2D eigenvalue weighted by atomic mass is 9.95. The molecule has 0 aliphatic carbocycles. The second-order valence-corrected chi connectivity index (χ2v) is 17.2. The molecule has 18 heteroatoms. The minimum atomic E-state index is -1.87. The fraction of sp³-hybridized carbons (Fsp3) is 0.263. The second-order valence-electron chi connectivity index (χ2n) is 16.9. The highest BCUT2D eigenvalue weighted by molar-refractivity contribution is 6.26. The van der Waals surface area contributed by atoms with E-state index in [1.807, 2.05) is 0 Å². The molecule has 0 saturated carbocycles. The molecule has 75 heavy (non-hydrogen) atoms. The Morgan fingerprint density at radius 2 is 0.773 bits per heavy atom. The van der Waals surface area contributed by atoms with Crippen molar-refractivity contribution in [1.29, 1.82) is 0 Å². The van der Waals surface area contributed by atoms with Gasteiger partial charge in [0.1, 0.15) is 43.5 Å². The van der Waals surface area contributed by atoms with E-state index in [9.17, 15) is 28.8 Å². The van der Waals surface area contributed by atoms with Crippen LogP contribution in [0.4, 0.5) is 0 Å². The summed E-state index contributed by atoms with van der Waals surface area (Å²) in [5, 5.41) is 0. The molecule has 17 nitrogen and oxygen atoms in total. The predicted molar refractivity (Wildman–Crippen MR) is 265 cm³/mol. The van der Waals surface area contributed by atoms with Crippen LogP contribution < -0.4 is 0 Å². The van der Waals surface area contributed by atoms with Crippen molar-refractivity contribution in [3.63, 3.8) is 0 Å². The molecule has 8 rings (SSSR count). The van der Waals surface area contributed by atoms with E-state index in [1.165, 1.54) is 67.8 Å². The Morgan fingerprint density at radius 1 is 0.413 bits per heavy atom. The summed E-state index contributed by atoms with van der Waals surface area (Å²) in [5.74, 6) is -5.74. The molecule has 0 N–H and O–H groups in total. The quantitative estimate of drug-likeness (QED) is 0.0410. The highest BCUT2D eigenvalue weighted by atomic mass is 35.5. The molecule has 2 aliphatic heterocycles. The minimum Gasteiger partial charge on any atom is -0.462 e. The summed E-state index contributed by atoms with van der Waals surface area (Å²) in [6, 6.07) is 48.8. The van der Waals surface area contributed by atoms with E-state index in [2.05, 4.69) is 0 Å². The molecule has 2 aliphatic rings. The zero-order valence-electron chi connectivity index (χ0n) is 40.2. The smallest absolute Gasteiger partial charge is 0.338 e. The van der Waals surface area contributed by atoms with Crippen LogP contribution in [0.25, 0.3) is 0 Å². The summed E-state index contributed by atoms with van der Waals surface area (Å²) in [6.45, 7) is -1.40. The monoisotopic (exact) mass is 1040 g/mol. The van der Waals surface area contributed by atoms with Gasteiger partial charge in [0.05, 0.1) is 34.4 Å². The van der Waals surface area contributed by atoms with Crippen molar-refractivity contribution in [2.24, 2.45) is 0 Å². The lowest BCUT2D eigenvalue weighted by Gasteiger charge is -2.49. The van der Waals surface area contributed by atoms with E-state index in [0.717, 1.165) is 0 Å². The maximum Gasteiger partial charge on any atom is 0.338 e. The van der Waals surface area contributed by atoms with Crippen molar-refractivity contribution < 1.29 is 80.9 Å². The van der Waals surface area contributed by atoms with Crippen LogP contribution in [0.5, 0.6) is 0 Å². The highest BCUT2D eigenvalue weighted by Crippen LogP contribution is 2.37. The van der Waals surface area contributed by atoms with Crippen LogP contribution in [0.1, 0.15) is 57.4 Å². The molecule has 2 fully saturated rings. The van der Waals surface area contributed by atoms with Gasteiger partial charge in [-0.25, -0.2) is 24.0 Å². The first-order valence-corrected chi connectivity index (χ1v) is 24.3. The van der Waals surface area contributed by atoms with Crippen molar-refractivity contribution in [2.45, 2.75) is 68.0 Å². The first-order valence-electron chi connectivity index (χ1n) is 23.7. The van der Waals surface area contributed by atoms with Gasteiger partial charge in [0, 0.05) is 7.11 Å². The molecule has 0 aromatic heterocycles. The van der Waals surface area contributed by atoms with E-state index in [4.69, 9.17) is 63.7 Å². The molecule has 10 atom stereocenters. The van der Waals surface area contributed by atoms with E-state index >= 15 is 0 Å². The first kappa shape index (κ1) is 53.5. The fourth-order valence-electron chi connectivity index (χ4n) is 8.22. The van der Waals surface area contributed by atoms with Crippen LogP contribution in [-0.2, 0) is 63.5 Å². The first-order chi connectivity index (χ1) is 36.6. The Hall–Kier alpha value is -7.77. The SMILES string of the molecule is CO[C@H]1O[C@H](COC(=O)c2ccccc2)[C@@H](O[C@H]2O[C@H](COC(=O)CCl)[C@H](OC(=O)c3ccccc3)[C@H](OCc3ccccc3)[C@H]2OC(=O)c2ccccc2)[C@H](OC(=O)c2ccccc2)[C@@H]1OC(=O)c1ccccc1. The summed E-state index contributed by atoms with van der Waals surface area (Å²) < 4.78 is 68.9. The van der Waals surface area contributed by atoms with Crippen molar-refractivity contribution in [2.75, 3.05) is 26.2 Å². The lowest BCUT2D eigenvalue weighted by molar-refractivity contribution is -0.357. The van der Waals surface area contributed by atoms with Crippen LogP contribution in [0, 0.1) is 0 Å². The van der Waals surface area contributed by atoms with Gasteiger partial charge < -0.3 is 52.1 Å². The van der Waals surface area contributed by atoms with Gasteiger partial charge in [-0.3, -0.25) is 4.79 Å². The lowest BCUT2D eigenvalue weighted by Crippen LogP contribution is -2.67. The van der Waals surface area contributed by atoms with Crippen LogP contribution >= 0.6 is 11.6 Å². The topological polar surface area (TPSA) is 204 Å². The third-order valence-electron chi connectivity index (χ3n) is 11.9. The van der Waals surface area contributed by atoms with Crippen molar-refractivity contribution in [1.82, 2.24) is 0 Å². The zero-order valence-corrected chi connectivity index (χ0v) is 41.0. The number of methoxy groups -OCH3 is 1. The molecular weight excluding hydrogens is 992 g/mol. The maximum atomic E-state index is 14.4. The normalized spacial score (nSPS) is 23.1. The highest BCUT2D eigenvalue weighted by Gasteiger charge is 2.57. The van der Waals surface area contributed by atoms with Crippen LogP contribution in [0.2, 0.25) is 0 Å². The summed E-state index contributed by atoms with van der Waals surface area (Å²) in [4.78, 5) is 83.2. The van der Waals surface area contributed by atoms with Crippen molar-refractivity contribution in [3.05, 3.63) is 215 Å². The predicted octanol–water partition coefficient (Wildman–Crippen LogP) is 7.59. The number of halogens is 1. The number of ether oxygens (including phenoxy) is 11. The summed E-state index contributed by atoms with van der Waals surface area (Å²) in [6.07, 6.45) is -16.2. The fourth-order valence-corrected chi connectivity index (χ4v) is 8.30. The molecular formula is C57H51ClO17. The van der Waals surface area contributed by atoms with Gasteiger partial charge in [-0.05, 0) is 66.2 Å². The Morgan fingerprint density at radius 3 is 1.21 bits per heavy atom. The summed E-state index contributed by atoms with van der Waals surface area (Å²) in [5.41, 5.74) is 1.25. The maximum absolute atomic E-state index is 14.4. The van der Waals surface area contributed by atoms with E-state index in [1.54, 1.807) is 121 Å². The molecule has 388 valence electrons. The number of hydrogen-bond donors (Lipinski definition) is 0. The molecule has 0 amide bonds. The molecule has 0 spiro atoms. The average Bonchev–Trinajstić information content (AvgIpc) is 3.46. The number of carbonyl (C=O) groups excluding carboxylic acids is 6.